The average Bonchev–Trinajstić information content (AvgIpc) is 2.56. The van der Waals surface area contributed by atoms with Gasteiger partial charge in [0.05, 0.1) is 11.4 Å². The average molecular weight is 347 g/mol. The molecule has 1 unspecified atom stereocenters. The molecule has 7 heteroatoms. The van der Waals surface area contributed by atoms with E-state index in [1.54, 1.807) is 24.4 Å². The maximum Gasteiger partial charge on any atom is 0.243 e. The van der Waals surface area contributed by atoms with Gasteiger partial charge in [-0.2, -0.15) is 9.40 Å². The molecule has 0 saturated carbocycles. The van der Waals surface area contributed by atoms with Crippen LogP contribution in [0.3, 0.4) is 0 Å². The largest absolute Gasteiger partial charge is 0.472 e. The number of aryl methyl sites for hydroxylation is 2. The Labute approximate surface area is 142 Å². The monoisotopic (exact) mass is 347 g/mol. The first-order valence-electron chi connectivity index (χ1n) is 7.98. The van der Waals surface area contributed by atoms with Crippen molar-refractivity contribution in [3.63, 3.8) is 0 Å². The fourth-order valence-electron chi connectivity index (χ4n) is 2.97. The van der Waals surface area contributed by atoms with Crippen molar-refractivity contribution in [3.8, 4) is 5.88 Å². The summed E-state index contributed by atoms with van der Waals surface area (Å²) in [6.45, 7) is 4.62. The second kappa shape index (κ2) is 6.86. The Kier molecular flexibility index (Phi) is 4.82. The molecule has 128 valence electrons. The SMILES string of the molecule is Cc1ccc(S(=O)(=O)N2CCCC(Oc3cccnn3)C2)c(C)c1. The van der Waals surface area contributed by atoms with Gasteiger partial charge in [0.25, 0.3) is 0 Å². The van der Waals surface area contributed by atoms with E-state index in [4.69, 9.17) is 4.74 Å². The van der Waals surface area contributed by atoms with Crippen molar-refractivity contribution in [2.24, 2.45) is 0 Å². The minimum absolute atomic E-state index is 0.212. The highest BCUT2D eigenvalue weighted by Gasteiger charge is 2.32. The smallest absolute Gasteiger partial charge is 0.243 e. The van der Waals surface area contributed by atoms with Gasteiger partial charge in [0.15, 0.2) is 0 Å². The van der Waals surface area contributed by atoms with Crippen LogP contribution >= 0.6 is 0 Å². The summed E-state index contributed by atoms with van der Waals surface area (Å²) >= 11 is 0. The molecule has 0 radical (unpaired) electrons. The van der Waals surface area contributed by atoms with Gasteiger partial charge in [-0.25, -0.2) is 8.42 Å². The molecule has 0 bridgehead atoms. The molecule has 1 aliphatic rings. The minimum Gasteiger partial charge on any atom is -0.472 e. The molecule has 3 rings (SSSR count). The van der Waals surface area contributed by atoms with Gasteiger partial charge in [-0.1, -0.05) is 17.7 Å². The molecule has 0 amide bonds. The summed E-state index contributed by atoms with van der Waals surface area (Å²) in [6, 6.07) is 8.88. The standard InChI is InChI=1S/C17H21N3O3S/c1-13-7-8-16(14(2)11-13)24(21,22)20-10-4-5-15(12-20)23-17-6-3-9-18-19-17/h3,6-9,11,15H,4-5,10,12H2,1-2H3. The lowest BCUT2D eigenvalue weighted by Gasteiger charge is -2.32. The van der Waals surface area contributed by atoms with Gasteiger partial charge in [-0.15, -0.1) is 5.10 Å². The van der Waals surface area contributed by atoms with Crippen molar-refractivity contribution >= 4 is 10.0 Å². The van der Waals surface area contributed by atoms with Crippen molar-refractivity contribution in [3.05, 3.63) is 47.7 Å². The summed E-state index contributed by atoms with van der Waals surface area (Å²) in [4.78, 5) is 0.369. The van der Waals surface area contributed by atoms with Crippen LogP contribution in [0.5, 0.6) is 5.88 Å². The van der Waals surface area contributed by atoms with Crippen LogP contribution in [0.25, 0.3) is 0 Å². The zero-order valence-electron chi connectivity index (χ0n) is 13.8. The van der Waals surface area contributed by atoms with Crippen LogP contribution in [-0.2, 0) is 10.0 Å². The quantitative estimate of drug-likeness (QED) is 0.849. The van der Waals surface area contributed by atoms with Crippen LogP contribution in [-0.4, -0.2) is 42.1 Å². The molecule has 1 fully saturated rings. The molecular formula is C17H21N3O3S. The molecule has 1 aromatic carbocycles. The Bertz CT molecular complexity index is 809. The molecule has 2 heterocycles. The third-order valence-corrected chi connectivity index (χ3v) is 6.15. The second-order valence-corrected chi connectivity index (χ2v) is 7.98. The van der Waals surface area contributed by atoms with Crippen LogP contribution < -0.4 is 4.74 Å². The van der Waals surface area contributed by atoms with E-state index in [1.807, 2.05) is 26.0 Å². The maximum atomic E-state index is 13.0. The van der Waals surface area contributed by atoms with Gasteiger partial charge in [0.1, 0.15) is 6.10 Å². The fraction of sp³-hybridized carbons (Fsp3) is 0.412. The number of sulfonamides is 1. The fourth-order valence-corrected chi connectivity index (χ4v) is 4.68. The van der Waals surface area contributed by atoms with E-state index < -0.39 is 10.0 Å². The van der Waals surface area contributed by atoms with Gasteiger partial charge in [0, 0.05) is 18.8 Å². The first-order valence-corrected chi connectivity index (χ1v) is 9.42. The number of nitrogens with zero attached hydrogens (tertiary/aromatic N) is 3. The molecular weight excluding hydrogens is 326 g/mol. The molecule has 1 saturated heterocycles. The van der Waals surface area contributed by atoms with Crippen molar-refractivity contribution in [2.75, 3.05) is 13.1 Å². The third-order valence-electron chi connectivity index (χ3n) is 4.12. The van der Waals surface area contributed by atoms with E-state index in [0.717, 1.165) is 24.0 Å². The van der Waals surface area contributed by atoms with E-state index in [9.17, 15) is 8.42 Å². The molecule has 0 N–H and O–H groups in total. The Morgan fingerprint density at radius 1 is 1.25 bits per heavy atom. The lowest BCUT2D eigenvalue weighted by atomic mass is 10.1. The summed E-state index contributed by atoms with van der Waals surface area (Å²) in [5.74, 6) is 0.424. The highest BCUT2D eigenvalue weighted by Crippen LogP contribution is 2.25. The number of hydrogen-bond acceptors (Lipinski definition) is 5. The van der Waals surface area contributed by atoms with E-state index in [1.165, 1.54) is 4.31 Å². The summed E-state index contributed by atoms with van der Waals surface area (Å²) in [5, 5.41) is 7.68. The molecule has 0 aliphatic carbocycles. The third kappa shape index (κ3) is 3.57. The van der Waals surface area contributed by atoms with Crippen molar-refractivity contribution in [1.82, 2.24) is 14.5 Å². The Balaban J connectivity index is 1.78. The summed E-state index contributed by atoms with van der Waals surface area (Å²) in [7, 11) is -3.52. The van der Waals surface area contributed by atoms with Gasteiger partial charge >= 0.3 is 0 Å². The first kappa shape index (κ1) is 16.9. The second-order valence-electron chi connectivity index (χ2n) is 6.08. The van der Waals surface area contributed by atoms with Crippen LogP contribution in [0.2, 0.25) is 0 Å². The topological polar surface area (TPSA) is 72.4 Å². The number of aromatic nitrogens is 2. The number of ether oxygens (including phenoxy) is 1. The van der Waals surface area contributed by atoms with E-state index >= 15 is 0 Å². The molecule has 0 spiro atoms. The van der Waals surface area contributed by atoms with Crippen LogP contribution in [0.1, 0.15) is 24.0 Å². The van der Waals surface area contributed by atoms with Crippen LogP contribution in [0.4, 0.5) is 0 Å². The number of benzene rings is 1. The molecule has 6 nitrogen and oxygen atoms in total. The first-order chi connectivity index (χ1) is 11.5. The summed E-state index contributed by atoms with van der Waals surface area (Å²) in [6.07, 6.45) is 2.92. The molecule has 2 aromatic rings. The van der Waals surface area contributed by atoms with E-state index in [2.05, 4.69) is 10.2 Å². The highest BCUT2D eigenvalue weighted by atomic mass is 32.2. The van der Waals surface area contributed by atoms with Crippen LogP contribution in [0, 0.1) is 13.8 Å². The molecule has 1 aliphatic heterocycles. The minimum atomic E-state index is -3.52. The summed E-state index contributed by atoms with van der Waals surface area (Å²) < 4.78 is 33.2. The normalized spacial score (nSPS) is 19.2. The van der Waals surface area contributed by atoms with E-state index in [0.29, 0.717) is 23.9 Å². The molecule has 1 atom stereocenters. The van der Waals surface area contributed by atoms with Gasteiger partial charge in [-0.05, 0) is 44.4 Å². The van der Waals surface area contributed by atoms with Crippen molar-refractivity contribution < 1.29 is 13.2 Å². The van der Waals surface area contributed by atoms with Gasteiger partial charge < -0.3 is 4.74 Å². The van der Waals surface area contributed by atoms with Crippen molar-refractivity contribution in [2.45, 2.75) is 37.7 Å². The van der Waals surface area contributed by atoms with E-state index in [-0.39, 0.29) is 6.10 Å². The van der Waals surface area contributed by atoms with Gasteiger partial charge in [-0.3, -0.25) is 0 Å². The maximum absolute atomic E-state index is 13.0. The highest BCUT2D eigenvalue weighted by molar-refractivity contribution is 7.89. The number of piperidine rings is 1. The summed E-state index contributed by atoms with van der Waals surface area (Å²) in [5.41, 5.74) is 1.82. The van der Waals surface area contributed by atoms with Crippen molar-refractivity contribution in [1.29, 1.82) is 0 Å². The predicted molar refractivity (Wildman–Crippen MR) is 90.4 cm³/mol. The Morgan fingerprint density at radius 3 is 2.79 bits per heavy atom. The zero-order valence-corrected chi connectivity index (χ0v) is 14.7. The zero-order chi connectivity index (χ0) is 17.2. The predicted octanol–water partition coefficient (Wildman–Crippen LogP) is 2.33. The number of hydrogen-bond donors (Lipinski definition) is 0. The van der Waals surface area contributed by atoms with Crippen LogP contribution in [0.15, 0.2) is 41.4 Å². The lowest BCUT2D eigenvalue weighted by molar-refractivity contribution is 0.123. The molecule has 1 aromatic heterocycles. The Hall–Kier alpha value is -1.99. The van der Waals surface area contributed by atoms with Gasteiger partial charge in [0.2, 0.25) is 15.9 Å². The molecule has 24 heavy (non-hydrogen) atoms. The lowest BCUT2D eigenvalue weighted by Crippen LogP contribution is -2.44. The number of rotatable bonds is 4. The Morgan fingerprint density at radius 2 is 2.08 bits per heavy atom.